The summed E-state index contributed by atoms with van der Waals surface area (Å²) in [6, 6.07) is 3.07. The van der Waals surface area contributed by atoms with Crippen molar-refractivity contribution in [3.63, 3.8) is 0 Å². The van der Waals surface area contributed by atoms with Crippen molar-refractivity contribution >= 4 is 0 Å². The maximum atomic E-state index is 9.23. The van der Waals surface area contributed by atoms with Crippen LogP contribution in [0.2, 0.25) is 0 Å². The van der Waals surface area contributed by atoms with Crippen molar-refractivity contribution in [2.24, 2.45) is 0 Å². The van der Waals surface area contributed by atoms with Gasteiger partial charge in [-0.25, -0.2) is 0 Å². The molecule has 1 aliphatic heterocycles. The summed E-state index contributed by atoms with van der Waals surface area (Å²) >= 11 is 0. The van der Waals surface area contributed by atoms with Crippen LogP contribution >= 0.6 is 0 Å². The van der Waals surface area contributed by atoms with Crippen LogP contribution < -0.4 is 5.32 Å². The van der Waals surface area contributed by atoms with E-state index >= 15 is 0 Å². The van der Waals surface area contributed by atoms with Crippen molar-refractivity contribution in [1.82, 2.24) is 10.2 Å². The molecule has 16 heavy (non-hydrogen) atoms. The fourth-order valence-electron chi connectivity index (χ4n) is 2.50. The Labute approximate surface area is 98.8 Å². The van der Waals surface area contributed by atoms with E-state index in [0.717, 1.165) is 12.8 Å². The van der Waals surface area contributed by atoms with Crippen molar-refractivity contribution in [3.8, 4) is 6.07 Å². The van der Waals surface area contributed by atoms with Crippen molar-refractivity contribution in [2.75, 3.05) is 19.6 Å². The van der Waals surface area contributed by atoms with Gasteiger partial charge < -0.3 is 4.90 Å². The van der Waals surface area contributed by atoms with Crippen molar-refractivity contribution < 1.29 is 0 Å². The molecule has 90 valence electrons. The summed E-state index contributed by atoms with van der Waals surface area (Å²) in [5.41, 5.74) is -0.291. The average molecular weight is 221 g/mol. The first-order chi connectivity index (χ1) is 7.72. The van der Waals surface area contributed by atoms with Crippen LogP contribution in [0.3, 0.4) is 0 Å². The van der Waals surface area contributed by atoms with Crippen LogP contribution in [0.5, 0.6) is 0 Å². The Hall–Kier alpha value is -0.590. The first kappa shape index (κ1) is 11.9. The smallest absolute Gasteiger partial charge is 0.104 e. The molecular formula is C13H23N3. The second kappa shape index (κ2) is 5.16. The van der Waals surface area contributed by atoms with E-state index in [9.17, 15) is 5.26 Å². The normalized spacial score (nSPS) is 25.2. The predicted molar refractivity (Wildman–Crippen MR) is 65.1 cm³/mol. The van der Waals surface area contributed by atoms with E-state index in [2.05, 4.69) is 23.2 Å². The van der Waals surface area contributed by atoms with Crippen LogP contribution in [0.4, 0.5) is 0 Å². The topological polar surface area (TPSA) is 39.1 Å². The quantitative estimate of drug-likeness (QED) is 0.744. The molecule has 0 aromatic heterocycles. The number of hydrogen-bond donors (Lipinski definition) is 1. The fraction of sp³-hybridized carbons (Fsp3) is 0.923. The van der Waals surface area contributed by atoms with Crippen LogP contribution in [0.1, 0.15) is 45.4 Å². The molecule has 0 aromatic rings. The van der Waals surface area contributed by atoms with Gasteiger partial charge in [0.15, 0.2) is 0 Å². The lowest BCUT2D eigenvalue weighted by molar-refractivity contribution is 0.306. The van der Waals surface area contributed by atoms with Gasteiger partial charge in [0.25, 0.3) is 0 Å². The molecule has 0 radical (unpaired) electrons. The standard InChI is InChI=1S/C13H23N3/c1-13(11-14,15-12-5-6-12)7-4-10-16-8-2-3-9-16/h12,15H,2-10H2,1H3. The van der Waals surface area contributed by atoms with Crippen molar-refractivity contribution in [1.29, 1.82) is 5.26 Å². The Balaban J connectivity index is 1.67. The number of nitriles is 1. The maximum Gasteiger partial charge on any atom is 0.104 e. The molecule has 3 nitrogen and oxygen atoms in total. The van der Waals surface area contributed by atoms with Gasteiger partial charge in [-0.05, 0) is 65.1 Å². The number of rotatable bonds is 6. The minimum absolute atomic E-state index is 0.291. The molecule has 0 spiro atoms. The Morgan fingerprint density at radius 3 is 2.62 bits per heavy atom. The van der Waals surface area contributed by atoms with Gasteiger partial charge in [-0.3, -0.25) is 5.32 Å². The summed E-state index contributed by atoms with van der Waals surface area (Å²) in [5.74, 6) is 0. The van der Waals surface area contributed by atoms with Crippen LogP contribution in [0, 0.1) is 11.3 Å². The van der Waals surface area contributed by atoms with E-state index in [-0.39, 0.29) is 5.54 Å². The van der Waals surface area contributed by atoms with Gasteiger partial charge in [0, 0.05) is 6.04 Å². The number of nitrogens with zero attached hydrogens (tertiary/aromatic N) is 2. The minimum Gasteiger partial charge on any atom is -0.303 e. The molecule has 0 amide bonds. The lowest BCUT2D eigenvalue weighted by atomic mass is 9.97. The first-order valence-corrected chi connectivity index (χ1v) is 6.63. The van der Waals surface area contributed by atoms with Gasteiger partial charge in [0.1, 0.15) is 5.54 Å². The monoisotopic (exact) mass is 221 g/mol. The molecule has 1 aliphatic carbocycles. The molecule has 2 rings (SSSR count). The van der Waals surface area contributed by atoms with Crippen LogP contribution in [0.25, 0.3) is 0 Å². The maximum absolute atomic E-state index is 9.23. The van der Waals surface area contributed by atoms with Gasteiger partial charge in [-0.2, -0.15) is 5.26 Å². The fourth-order valence-corrected chi connectivity index (χ4v) is 2.50. The third-order valence-corrected chi connectivity index (χ3v) is 3.70. The number of likely N-dealkylation sites (tertiary alicyclic amines) is 1. The summed E-state index contributed by atoms with van der Waals surface area (Å²) < 4.78 is 0. The highest BCUT2D eigenvalue weighted by Crippen LogP contribution is 2.24. The zero-order chi connectivity index (χ0) is 11.4. The molecule has 2 fully saturated rings. The molecule has 3 heteroatoms. The average Bonchev–Trinajstić information content (AvgIpc) is 2.92. The Morgan fingerprint density at radius 1 is 1.38 bits per heavy atom. The van der Waals surface area contributed by atoms with Crippen LogP contribution in [-0.2, 0) is 0 Å². The van der Waals surface area contributed by atoms with E-state index < -0.39 is 0 Å². The molecule has 1 saturated heterocycles. The van der Waals surface area contributed by atoms with Gasteiger partial charge in [0.05, 0.1) is 6.07 Å². The largest absolute Gasteiger partial charge is 0.303 e. The zero-order valence-electron chi connectivity index (χ0n) is 10.3. The summed E-state index contributed by atoms with van der Waals surface area (Å²) in [6.07, 6.45) is 7.35. The zero-order valence-corrected chi connectivity index (χ0v) is 10.3. The number of nitrogens with one attached hydrogen (secondary N) is 1. The van der Waals surface area contributed by atoms with E-state index in [4.69, 9.17) is 0 Å². The Bertz CT molecular complexity index is 261. The van der Waals surface area contributed by atoms with Crippen LogP contribution in [0.15, 0.2) is 0 Å². The first-order valence-electron chi connectivity index (χ1n) is 6.63. The SMILES string of the molecule is CC(C#N)(CCCN1CCCC1)NC1CC1. The van der Waals surface area contributed by atoms with Crippen molar-refractivity contribution in [2.45, 2.75) is 57.0 Å². The lowest BCUT2D eigenvalue weighted by Gasteiger charge is -2.24. The van der Waals surface area contributed by atoms with E-state index in [0.29, 0.717) is 6.04 Å². The highest BCUT2D eigenvalue weighted by atomic mass is 15.1. The van der Waals surface area contributed by atoms with Gasteiger partial charge in [-0.15, -0.1) is 0 Å². The molecule has 1 N–H and O–H groups in total. The molecule has 0 bridgehead atoms. The lowest BCUT2D eigenvalue weighted by Crippen LogP contribution is -2.42. The third kappa shape index (κ3) is 3.47. The highest BCUT2D eigenvalue weighted by Gasteiger charge is 2.32. The molecule has 1 atom stereocenters. The second-order valence-corrected chi connectivity index (χ2v) is 5.51. The second-order valence-electron chi connectivity index (χ2n) is 5.51. The van der Waals surface area contributed by atoms with E-state index in [1.807, 2.05) is 0 Å². The summed E-state index contributed by atoms with van der Waals surface area (Å²) in [5, 5.41) is 12.7. The summed E-state index contributed by atoms with van der Waals surface area (Å²) in [7, 11) is 0. The van der Waals surface area contributed by atoms with Crippen molar-refractivity contribution in [3.05, 3.63) is 0 Å². The van der Waals surface area contributed by atoms with Gasteiger partial charge in [-0.1, -0.05) is 0 Å². The molecule has 1 saturated carbocycles. The highest BCUT2D eigenvalue weighted by molar-refractivity contribution is 5.07. The predicted octanol–water partition coefficient (Wildman–Crippen LogP) is 1.90. The molecule has 1 heterocycles. The minimum atomic E-state index is -0.291. The molecule has 0 aromatic carbocycles. The molecular weight excluding hydrogens is 198 g/mol. The third-order valence-electron chi connectivity index (χ3n) is 3.70. The Kier molecular flexibility index (Phi) is 3.83. The van der Waals surface area contributed by atoms with Gasteiger partial charge >= 0.3 is 0 Å². The molecule has 1 unspecified atom stereocenters. The number of hydrogen-bond acceptors (Lipinski definition) is 3. The van der Waals surface area contributed by atoms with Gasteiger partial charge in [0.2, 0.25) is 0 Å². The summed E-state index contributed by atoms with van der Waals surface area (Å²) in [4.78, 5) is 2.52. The molecule has 2 aliphatic rings. The summed E-state index contributed by atoms with van der Waals surface area (Å²) in [6.45, 7) is 5.75. The van der Waals surface area contributed by atoms with E-state index in [1.54, 1.807) is 0 Å². The van der Waals surface area contributed by atoms with E-state index in [1.165, 1.54) is 45.3 Å². The Morgan fingerprint density at radius 2 is 2.06 bits per heavy atom. The van der Waals surface area contributed by atoms with Crippen LogP contribution in [-0.4, -0.2) is 36.1 Å².